The zero-order valence-electron chi connectivity index (χ0n) is 20.5. The van der Waals surface area contributed by atoms with E-state index in [2.05, 4.69) is 10.6 Å². The van der Waals surface area contributed by atoms with Crippen molar-refractivity contribution < 1.29 is 23.0 Å². The van der Waals surface area contributed by atoms with Crippen molar-refractivity contribution in [2.24, 2.45) is 11.8 Å². The number of nitrogens with one attached hydrogen (secondary N) is 2. The summed E-state index contributed by atoms with van der Waals surface area (Å²) < 4.78 is 39.7. The quantitative estimate of drug-likeness (QED) is 0.315. The first-order valence-corrected chi connectivity index (χ1v) is 12.9. The van der Waals surface area contributed by atoms with E-state index in [-0.39, 0.29) is 18.4 Å². The predicted octanol–water partition coefficient (Wildman–Crippen LogP) is 7.37. The Morgan fingerprint density at radius 1 is 1.00 bits per heavy atom. The van der Waals surface area contributed by atoms with Crippen LogP contribution in [0.2, 0.25) is 5.02 Å². The van der Waals surface area contributed by atoms with E-state index in [4.69, 9.17) is 21.1 Å². The minimum Gasteiger partial charge on any atom is -0.492 e. The predicted molar refractivity (Wildman–Crippen MR) is 140 cm³/mol. The van der Waals surface area contributed by atoms with Crippen LogP contribution in [0, 0.1) is 23.5 Å². The van der Waals surface area contributed by atoms with Gasteiger partial charge in [-0.05, 0) is 48.6 Å². The summed E-state index contributed by atoms with van der Waals surface area (Å²) in [6.45, 7) is 0.250. The molecule has 194 valence electrons. The lowest BCUT2D eigenvalue weighted by molar-refractivity contribution is 0.0590. The van der Waals surface area contributed by atoms with Crippen molar-refractivity contribution in [2.45, 2.75) is 37.8 Å². The fourth-order valence-corrected chi connectivity index (χ4v) is 5.79. The molecule has 1 atom stereocenters. The lowest BCUT2D eigenvalue weighted by Gasteiger charge is -2.44. The number of methoxy groups -OCH3 is 1. The first-order chi connectivity index (χ1) is 17.9. The Balaban J connectivity index is 1.57. The molecule has 8 heteroatoms. The van der Waals surface area contributed by atoms with Gasteiger partial charge in [0.05, 0.1) is 25.1 Å². The second kappa shape index (κ2) is 10.6. The standard InChI is InChI=1S/C29H29ClF2N2O3/c1-36-28(35)21-9-5-6-10-27(21)37-17-22(18-7-3-2-4-8-18)29(19-11-13-20(30)14-12-19)33-25-15-23(31)24(32)16-26(25)34-29/h5-6,9-16,18,22,33-34H,2-4,7-8,17H2,1H3. The van der Waals surface area contributed by atoms with Crippen molar-refractivity contribution >= 4 is 28.9 Å². The first-order valence-electron chi connectivity index (χ1n) is 12.5. The molecule has 0 saturated heterocycles. The highest BCUT2D eigenvalue weighted by Crippen LogP contribution is 2.49. The highest BCUT2D eigenvalue weighted by molar-refractivity contribution is 6.30. The summed E-state index contributed by atoms with van der Waals surface area (Å²) in [5.41, 5.74) is 1.24. The van der Waals surface area contributed by atoms with Crippen LogP contribution >= 0.6 is 11.6 Å². The number of benzene rings is 3. The number of esters is 1. The van der Waals surface area contributed by atoms with E-state index in [1.807, 2.05) is 12.1 Å². The van der Waals surface area contributed by atoms with Crippen molar-refractivity contribution in [3.8, 4) is 5.75 Å². The third-order valence-electron chi connectivity index (χ3n) is 7.51. The minimum absolute atomic E-state index is 0.168. The molecule has 3 aromatic carbocycles. The van der Waals surface area contributed by atoms with Gasteiger partial charge in [-0.1, -0.05) is 55.1 Å². The molecule has 1 aliphatic carbocycles. The summed E-state index contributed by atoms with van der Waals surface area (Å²) in [6, 6.07) is 16.8. The Labute approximate surface area is 220 Å². The summed E-state index contributed by atoms with van der Waals surface area (Å²) in [4.78, 5) is 12.4. The molecular formula is C29H29ClF2N2O3. The molecule has 3 aromatic rings. The Kier molecular flexibility index (Phi) is 7.24. The smallest absolute Gasteiger partial charge is 0.341 e. The van der Waals surface area contributed by atoms with Crippen LogP contribution in [0.1, 0.15) is 48.0 Å². The fourth-order valence-electron chi connectivity index (χ4n) is 5.67. The fraction of sp³-hybridized carbons (Fsp3) is 0.345. The van der Waals surface area contributed by atoms with E-state index < -0.39 is 23.3 Å². The summed E-state index contributed by atoms with van der Waals surface area (Å²) in [5, 5.41) is 7.59. The third-order valence-corrected chi connectivity index (χ3v) is 7.76. The Morgan fingerprint density at radius 3 is 2.24 bits per heavy atom. The summed E-state index contributed by atoms with van der Waals surface area (Å²) in [6.07, 6.45) is 5.33. The molecule has 5 nitrogen and oxygen atoms in total. The molecule has 1 fully saturated rings. The number of carbonyl (C=O) groups is 1. The van der Waals surface area contributed by atoms with E-state index in [1.165, 1.54) is 25.7 Å². The van der Waals surface area contributed by atoms with Gasteiger partial charge in [0, 0.05) is 23.1 Å². The average molecular weight is 527 g/mol. The zero-order valence-corrected chi connectivity index (χ0v) is 21.3. The van der Waals surface area contributed by atoms with E-state index in [1.54, 1.807) is 36.4 Å². The van der Waals surface area contributed by atoms with Crippen molar-refractivity contribution in [3.63, 3.8) is 0 Å². The molecule has 1 saturated carbocycles. The number of rotatable bonds is 7. The summed E-state index contributed by atoms with van der Waals surface area (Å²) in [7, 11) is 1.33. The normalized spacial score (nSPS) is 17.3. The van der Waals surface area contributed by atoms with Crippen molar-refractivity contribution in [1.29, 1.82) is 0 Å². The largest absolute Gasteiger partial charge is 0.492 e. The SMILES string of the molecule is COC(=O)c1ccccc1OCC(C1CCCCC1)C1(c2ccc(Cl)cc2)Nc2cc(F)c(F)cc2N1. The maximum atomic E-state index is 14.2. The molecule has 0 amide bonds. The molecule has 2 N–H and O–H groups in total. The maximum absolute atomic E-state index is 14.2. The van der Waals surface area contributed by atoms with Gasteiger partial charge in [-0.15, -0.1) is 0 Å². The number of ether oxygens (including phenoxy) is 2. The molecule has 2 aliphatic rings. The summed E-state index contributed by atoms with van der Waals surface area (Å²) >= 11 is 6.22. The molecule has 0 spiro atoms. The van der Waals surface area contributed by atoms with Crippen LogP contribution < -0.4 is 15.4 Å². The number of hydrogen-bond donors (Lipinski definition) is 2. The molecule has 1 heterocycles. The topological polar surface area (TPSA) is 59.6 Å². The molecule has 1 unspecified atom stereocenters. The van der Waals surface area contributed by atoms with Gasteiger partial charge in [0.15, 0.2) is 11.6 Å². The van der Waals surface area contributed by atoms with Gasteiger partial charge in [0.25, 0.3) is 0 Å². The van der Waals surface area contributed by atoms with E-state index in [0.717, 1.165) is 31.2 Å². The van der Waals surface area contributed by atoms with Gasteiger partial charge in [0.2, 0.25) is 0 Å². The molecule has 37 heavy (non-hydrogen) atoms. The molecule has 0 radical (unpaired) electrons. The molecular weight excluding hydrogens is 498 g/mol. The van der Waals surface area contributed by atoms with Gasteiger partial charge < -0.3 is 20.1 Å². The number of hydrogen-bond acceptors (Lipinski definition) is 5. The minimum atomic E-state index is -0.921. The van der Waals surface area contributed by atoms with Gasteiger partial charge in [-0.3, -0.25) is 0 Å². The van der Waals surface area contributed by atoms with Gasteiger partial charge in [-0.2, -0.15) is 0 Å². The third kappa shape index (κ3) is 4.97. The number of para-hydroxylation sites is 1. The Hall–Kier alpha value is -3.32. The van der Waals surface area contributed by atoms with Crippen LogP contribution in [0.5, 0.6) is 5.75 Å². The van der Waals surface area contributed by atoms with E-state index in [0.29, 0.717) is 27.7 Å². The number of fused-ring (bicyclic) bond motifs is 1. The van der Waals surface area contributed by atoms with Crippen LogP contribution in [0.4, 0.5) is 20.2 Å². The lowest BCUT2D eigenvalue weighted by atomic mass is 9.72. The van der Waals surface area contributed by atoms with Crippen LogP contribution in [0.25, 0.3) is 0 Å². The average Bonchev–Trinajstić information content (AvgIpc) is 3.28. The van der Waals surface area contributed by atoms with Crippen LogP contribution in [-0.4, -0.2) is 19.7 Å². The second-order valence-electron chi connectivity index (χ2n) is 9.68. The molecule has 1 aliphatic heterocycles. The van der Waals surface area contributed by atoms with Crippen LogP contribution in [0.3, 0.4) is 0 Å². The Morgan fingerprint density at radius 2 is 1.62 bits per heavy atom. The van der Waals surface area contributed by atoms with Gasteiger partial charge in [-0.25, -0.2) is 13.6 Å². The highest BCUT2D eigenvalue weighted by Gasteiger charge is 2.49. The molecule has 5 rings (SSSR count). The second-order valence-corrected chi connectivity index (χ2v) is 10.1. The number of carbonyl (C=O) groups excluding carboxylic acids is 1. The molecule has 0 bridgehead atoms. The first kappa shape index (κ1) is 25.3. The van der Waals surface area contributed by atoms with E-state index in [9.17, 15) is 13.6 Å². The summed E-state index contributed by atoms with van der Waals surface area (Å²) in [5.74, 6) is -1.81. The van der Waals surface area contributed by atoms with Crippen LogP contribution in [-0.2, 0) is 10.4 Å². The number of anilines is 2. The monoisotopic (exact) mass is 526 g/mol. The van der Waals surface area contributed by atoms with Gasteiger partial charge >= 0.3 is 5.97 Å². The lowest BCUT2D eigenvalue weighted by Crippen LogP contribution is -2.51. The van der Waals surface area contributed by atoms with E-state index >= 15 is 0 Å². The van der Waals surface area contributed by atoms with Crippen molar-refractivity contribution in [1.82, 2.24) is 0 Å². The zero-order chi connectivity index (χ0) is 26.0. The van der Waals surface area contributed by atoms with Crippen molar-refractivity contribution in [2.75, 3.05) is 24.4 Å². The van der Waals surface area contributed by atoms with Gasteiger partial charge in [0.1, 0.15) is 17.0 Å². The Bertz CT molecular complexity index is 1250. The van der Waals surface area contributed by atoms with Crippen molar-refractivity contribution in [3.05, 3.63) is 88.4 Å². The van der Waals surface area contributed by atoms with Crippen LogP contribution in [0.15, 0.2) is 60.7 Å². The highest BCUT2D eigenvalue weighted by atomic mass is 35.5. The number of halogens is 3. The molecule has 0 aromatic heterocycles. The maximum Gasteiger partial charge on any atom is 0.341 e.